The van der Waals surface area contributed by atoms with Crippen molar-refractivity contribution in [3.05, 3.63) is 0 Å². The summed E-state index contributed by atoms with van der Waals surface area (Å²) in [4.78, 5) is 22.8. The first-order valence-corrected chi connectivity index (χ1v) is 6.17. The van der Waals surface area contributed by atoms with Crippen LogP contribution >= 0.6 is 22.6 Å². The molecule has 0 saturated heterocycles. The van der Waals surface area contributed by atoms with Gasteiger partial charge in [-0.25, -0.2) is 0 Å². The van der Waals surface area contributed by atoms with E-state index in [2.05, 4.69) is 33.2 Å². The predicted molar refractivity (Wildman–Crippen MR) is 72.4 cm³/mol. The van der Waals surface area contributed by atoms with Crippen LogP contribution in [0.15, 0.2) is 0 Å². The van der Waals surface area contributed by atoms with Crippen LogP contribution in [0.3, 0.4) is 0 Å². The van der Waals surface area contributed by atoms with Crippen molar-refractivity contribution in [2.24, 2.45) is 5.73 Å². The minimum atomic E-state index is -0.882. The maximum absolute atomic E-state index is 11.5. The van der Waals surface area contributed by atoms with Crippen molar-refractivity contribution in [1.82, 2.24) is 10.6 Å². The Hall–Kier alpha value is -0.370. The maximum atomic E-state index is 11.5. The number of carbonyl (C=O) groups is 2. The van der Waals surface area contributed by atoms with Gasteiger partial charge in [0, 0.05) is 13.1 Å². The molecule has 0 spiro atoms. The molecule has 4 N–H and O–H groups in total. The molecule has 0 bridgehead atoms. The van der Waals surface area contributed by atoms with Crippen molar-refractivity contribution >= 4 is 34.4 Å². The summed E-state index contributed by atoms with van der Waals surface area (Å²) in [6.07, 6.45) is 0. The highest BCUT2D eigenvalue weighted by Crippen LogP contribution is 2.15. The number of halogens is 1. The SMILES string of the molecule is CC(C)(N)C(=O)NCCNC(=O)C(C)(C)I. The van der Waals surface area contributed by atoms with Crippen LogP contribution < -0.4 is 16.4 Å². The first-order chi connectivity index (χ1) is 7.05. The smallest absolute Gasteiger partial charge is 0.239 e. The average Bonchev–Trinajstić information content (AvgIpc) is 2.08. The van der Waals surface area contributed by atoms with Gasteiger partial charge in [0.25, 0.3) is 0 Å². The molecule has 0 saturated carbocycles. The number of carbonyl (C=O) groups excluding carboxylic acids is 2. The Morgan fingerprint density at radius 2 is 1.44 bits per heavy atom. The average molecular weight is 341 g/mol. The second-order valence-corrected chi connectivity index (χ2v) is 7.40. The Kier molecular flexibility index (Phi) is 5.67. The zero-order valence-corrected chi connectivity index (χ0v) is 12.3. The van der Waals surface area contributed by atoms with Crippen LogP contribution in [-0.2, 0) is 9.59 Å². The van der Waals surface area contributed by atoms with Crippen molar-refractivity contribution in [3.63, 3.8) is 0 Å². The Morgan fingerprint density at radius 3 is 1.75 bits per heavy atom. The molecule has 0 aliphatic rings. The standard InChI is InChI=1S/C10H20IN3O2/c1-9(2,11)7(15)13-5-6-14-8(16)10(3,4)12/h5-6,12H2,1-4H3,(H,13,15)(H,14,16). The topological polar surface area (TPSA) is 84.2 Å². The highest BCUT2D eigenvalue weighted by Gasteiger charge is 2.23. The fourth-order valence-corrected chi connectivity index (χ4v) is 0.981. The molecule has 6 heteroatoms. The number of nitrogens with one attached hydrogen (secondary N) is 2. The van der Waals surface area contributed by atoms with E-state index in [9.17, 15) is 9.59 Å². The fraction of sp³-hybridized carbons (Fsp3) is 0.800. The van der Waals surface area contributed by atoms with Crippen molar-refractivity contribution in [3.8, 4) is 0 Å². The van der Waals surface area contributed by atoms with Crippen molar-refractivity contribution in [2.45, 2.75) is 36.7 Å². The number of amides is 2. The number of rotatable bonds is 5. The third kappa shape index (κ3) is 6.26. The lowest BCUT2D eigenvalue weighted by Crippen LogP contribution is -2.51. The molecule has 0 rings (SSSR count). The molecule has 0 fully saturated rings. The normalized spacial score (nSPS) is 12.1. The van der Waals surface area contributed by atoms with Crippen LogP contribution in [0.2, 0.25) is 0 Å². The molecule has 0 aromatic rings. The first-order valence-electron chi connectivity index (χ1n) is 5.09. The van der Waals surface area contributed by atoms with E-state index in [1.807, 2.05) is 13.8 Å². The third-order valence-corrected chi connectivity index (χ3v) is 2.31. The zero-order valence-electron chi connectivity index (χ0n) is 10.2. The number of nitrogens with two attached hydrogens (primary N) is 1. The van der Waals surface area contributed by atoms with Crippen LogP contribution in [0.25, 0.3) is 0 Å². The van der Waals surface area contributed by atoms with Crippen molar-refractivity contribution < 1.29 is 9.59 Å². The van der Waals surface area contributed by atoms with E-state index in [1.54, 1.807) is 13.8 Å². The summed E-state index contributed by atoms with van der Waals surface area (Å²) in [5.41, 5.74) is 4.71. The van der Waals surface area contributed by atoms with E-state index < -0.39 is 8.96 Å². The Balaban J connectivity index is 3.79. The summed E-state index contributed by atoms with van der Waals surface area (Å²) in [5, 5.41) is 5.38. The van der Waals surface area contributed by atoms with E-state index in [1.165, 1.54) is 0 Å². The molecule has 2 amide bonds. The van der Waals surface area contributed by atoms with Crippen molar-refractivity contribution in [2.75, 3.05) is 13.1 Å². The van der Waals surface area contributed by atoms with Crippen molar-refractivity contribution in [1.29, 1.82) is 0 Å². The van der Waals surface area contributed by atoms with Gasteiger partial charge in [0.05, 0.1) is 8.96 Å². The Morgan fingerprint density at radius 1 is 1.06 bits per heavy atom. The molecule has 0 aliphatic heterocycles. The molecule has 0 radical (unpaired) electrons. The summed E-state index contributed by atoms with van der Waals surface area (Å²) in [7, 11) is 0. The van der Waals surface area contributed by atoms with Crippen LogP contribution in [0, 0.1) is 0 Å². The van der Waals surface area contributed by atoms with E-state index in [0.717, 1.165) is 0 Å². The minimum absolute atomic E-state index is 0.0469. The second-order valence-electron chi connectivity index (χ2n) is 4.71. The monoisotopic (exact) mass is 341 g/mol. The molecule has 0 aliphatic carbocycles. The highest BCUT2D eigenvalue weighted by atomic mass is 127. The maximum Gasteiger partial charge on any atom is 0.239 e. The van der Waals surface area contributed by atoms with Gasteiger partial charge < -0.3 is 16.4 Å². The Bertz CT molecular complexity index is 238. The van der Waals surface area contributed by atoms with Gasteiger partial charge in [0.1, 0.15) is 0 Å². The quantitative estimate of drug-likeness (QED) is 0.379. The minimum Gasteiger partial charge on any atom is -0.353 e. The van der Waals surface area contributed by atoms with E-state index in [-0.39, 0.29) is 11.8 Å². The molecule has 94 valence electrons. The van der Waals surface area contributed by atoms with Gasteiger partial charge in [-0.15, -0.1) is 0 Å². The largest absolute Gasteiger partial charge is 0.353 e. The number of alkyl halides is 1. The molecular weight excluding hydrogens is 321 g/mol. The van der Waals surface area contributed by atoms with Gasteiger partial charge >= 0.3 is 0 Å². The molecule has 0 unspecified atom stereocenters. The molecule has 0 aromatic heterocycles. The summed E-state index contributed by atoms with van der Waals surface area (Å²) in [6.45, 7) is 7.71. The van der Waals surface area contributed by atoms with Gasteiger partial charge in [0.2, 0.25) is 11.8 Å². The lowest BCUT2D eigenvalue weighted by atomic mass is 10.1. The van der Waals surface area contributed by atoms with Crippen LogP contribution in [0.4, 0.5) is 0 Å². The first kappa shape index (κ1) is 15.6. The summed E-state index contributed by atoms with van der Waals surface area (Å²) >= 11 is 2.06. The fourth-order valence-electron chi connectivity index (χ4n) is 0.790. The van der Waals surface area contributed by atoms with E-state index >= 15 is 0 Å². The van der Waals surface area contributed by atoms with Crippen LogP contribution in [0.1, 0.15) is 27.7 Å². The molecular formula is C10H20IN3O2. The lowest BCUT2D eigenvalue weighted by Gasteiger charge is -2.19. The van der Waals surface area contributed by atoms with Gasteiger partial charge in [-0.3, -0.25) is 9.59 Å². The predicted octanol–water partition coefficient (Wildman–Crippen LogP) is 0.170. The molecule has 0 heterocycles. The van der Waals surface area contributed by atoms with Gasteiger partial charge in [-0.05, 0) is 27.7 Å². The van der Waals surface area contributed by atoms with Gasteiger partial charge in [0.15, 0.2) is 0 Å². The summed E-state index contributed by atoms with van der Waals surface area (Å²) < 4.78 is -0.436. The zero-order chi connectivity index (χ0) is 13.0. The number of hydrogen-bond acceptors (Lipinski definition) is 3. The lowest BCUT2D eigenvalue weighted by molar-refractivity contribution is -0.126. The van der Waals surface area contributed by atoms with Crippen LogP contribution in [0.5, 0.6) is 0 Å². The van der Waals surface area contributed by atoms with E-state index in [4.69, 9.17) is 5.73 Å². The molecule has 0 atom stereocenters. The molecule has 0 aromatic carbocycles. The van der Waals surface area contributed by atoms with Crippen LogP contribution in [-0.4, -0.2) is 33.9 Å². The molecule has 5 nitrogen and oxygen atoms in total. The summed E-state index contributed by atoms with van der Waals surface area (Å²) in [5.74, 6) is -0.273. The second kappa shape index (κ2) is 5.81. The summed E-state index contributed by atoms with van der Waals surface area (Å²) in [6, 6.07) is 0. The molecule has 16 heavy (non-hydrogen) atoms. The third-order valence-electron chi connectivity index (χ3n) is 1.82. The van der Waals surface area contributed by atoms with E-state index in [0.29, 0.717) is 13.1 Å². The Labute approximate surface area is 110 Å². The number of hydrogen-bond donors (Lipinski definition) is 3. The highest BCUT2D eigenvalue weighted by molar-refractivity contribution is 14.1. The van der Waals surface area contributed by atoms with Gasteiger partial charge in [-0.2, -0.15) is 0 Å². The van der Waals surface area contributed by atoms with Gasteiger partial charge in [-0.1, -0.05) is 22.6 Å².